The molecule has 0 saturated carbocycles. The molecule has 0 bridgehead atoms. The molecule has 0 amide bonds. The summed E-state index contributed by atoms with van der Waals surface area (Å²) >= 11 is 3.33. The molecule has 11 heavy (non-hydrogen) atoms. The summed E-state index contributed by atoms with van der Waals surface area (Å²) in [6.45, 7) is 3.54. The predicted octanol–water partition coefficient (Wildman–Crippen LogP) is 3.65. The lowest BCUT2D eigenvalue weighted by Crippen LogP contribution is -1.68. The van der Waals surface area contributed by atoms with E-state index < -0.39 is 0 Å². The maximum absolute atomic E-state index is 7.56. The second-order valence-corrected chi connectivity index (χ2v) is 2.97. The molecule has 0 aliphatic heterocycles. The first-order chi connectivity index (χ1) is 5.74. The van der Waals surface area contributed by atoms with Crippen molar-refractivity contribution in [2.75, 3.05) is 0 Å². The molecule has 1 heteroatoms. The van der Waals surface area contributed by atoms with Crippen LogP contribution in [0.1, 0.15) is 6.93 Å². The number of benzene rings is 1. The van der Waals surface area contributed by atoms with Crippen molar-refractivity contribution in [1.82, 2.24) is 0 Å². The second-order valence-electron chi connectivity index (χ2n) is 2.05. The van der Waals surface area contributed by atoms with Crippen LogP contribution in [0.3, 0.4) is 0 Å². The van der Waals surface area contributed by atoms with Crippen LogP contribution < -0.4 is 0 Å². The monoisotopic (exact) mass is 209 g/mol. The first-order valence-corrected chi connectivity index (χ1v) is 4.08. The Morgan fingerprint density at radius 3 is 2.55 bits per heavy atom. The lowest BCUT2D eigenvalue weighted by molar-refractivity contribution is 1.61. The van der Waals surface area contributed by atoms with Gasteiger partial charge in [0.15, 0.2) is 0 Å². The maximum atomic E-state index is 7.56. The Morgan fingerprint density at radius 1 is 1.36 bits per heavy atom. The summed E-state index contributed by atoms with van der Waals surface area (Å²) in [5, 5.41) is 0. The van der Waals surface area contributed by atoms with Gasteiger partial charge in [0.05, 0.1) is 1.37 Å². The zero-order valence-electron chi connectivity index (χ0n) is 7.05. The van der Waals surface area contributed by atoms with Gasteiger partial charge in [0.2, 0.25) is 0 Å². The Kier molecular flexibility index (Phi) is 2.58. The zero-order valence-corrected chi connectivity index (χ0v) is 7.64. The molecule has 1 rings (SSSR count). The highest BCUT2D eigenvalue weighted by molar-refractivity contribution is 9.10. The van der Waals surface area contributed by atoms with Crippen molar-refractivity contribution >= 4 is 22.0 Å². The van der Waals surface area contributed by atoms with Crippen molar-refractivity contribution in [1.29, 1.82) is 0 Å². The van der Waals surface area contributed by atoms with E-state index >= 15 is 0 Å². The average Bonchev–Trinajstić information content (AvgIpc) is 2.06. The van der Waals surface area contributed by atoms with Crippen LogP contribution in [0.25, 0.3) is 6.05 Å². The number of hydrogen-bond donors (Lipinski definition) is 0. The summed E-state index contributed by atoms with van der Waals surface area (Å²) < 4.78 is 8.58. The molecule has 56 valence electrons. The van der Waals surface area contributed by atoms with Crippen molar-refractivity contribution in [2.45, 2.75) is 0 Å². The Hall–Kier alpha value is -0.820. The van der Waals surface area contributed by atoms with Gasteiger partial charge in [-0.05, 0) is 17.7 Å². The van der Waals surface area contributed by atoms with E-state index in [2.05, 4.69) is 22.5 Å². The van der Waals surface area contributed by atoms with Crippen molar-refractivity contribution < 1.29 is 1.37 Å². The summed E-state index contributed by atoms with van der Waals surface area (Å²) in [6.07, 6.45) is 3.29. The van der Waals surface area contributed by atoms with E-state index in [0.717, 1.165) is 10.0 Å². The Bertz CT molecular complexity index is 298. The standard InChI is InChI=1S/C10H9Br/c1-2-3-4-9-5-7-10(11)8-6-9/h2-8H,1H2/b4-3+/i4D. The highest BCUT2D eigenvalue weighted by atomic mass is 79.9. The second kappa shape index (κ2) is 4.14. The van der Waals surface area contributed by atoms with Crippen LogP contribution in [-0.4, -0.2) is 0 Å². The van der Waals surface area contributed by atoms with Crippen molar-refractivity contribution in [2.24, 2.45) is 0 Å². The van der Waals surface area contributed by atoms with Crippen molar-refractivity contribution in [3.05, 3.63) is 53.0 Å². The normalized spacial score (nSPS) is 12.5. The van der Waals surface area contributed by atoms with Gasteiger partial charge in [-0.2, -0.15) is 0 Å². The number of rotatable bonds is 2. The van der Waals surface area contributed by atoms with E-state index in [1.54, 1.807) is 12.2 Å². The molecular weight excluding hydrogens is 200 g/mol. The van der Waals surface area contributed by atoms with E-state index in [1.807, 2.05) is 24.3 Å². The summed E-state index contributed by atoms with van der Waals surface area (Å²) in [5.74, 6) is 0. The van der Waals surface area contributed by atoms with Gasteiger partial charge >= 0.3 is 0 Å². The third-order valence-electron chi connectivity index (χ3n) is 1.21. The largest absolute Gasteiger partial charge is 0.0991 e. The smallest absolute Gasteiger partial charge is 0.0629 e. The van der Waals surface area contributed by atoms with Crippen LogP contribution in [0.15, 0.2) is 47.5 Å². The molecule has 0 fully saturated rings. The molecule has 0 aliphatic rings. The summed E-state index contributed by atoms with van der Waals surface area (Å²) in [7, 11) is 0. The molecule has 0 nitrogen and oxygen atoms in total. The minimum Gasteiger partial charge on any atom is -0.0991 e. The topological polar surface area (TPSA) is 0 Å². The highest BCUT2D eigenvalue weighted by Crippen LogP contribution is 2.11. The van der Waals surface area contributed by atoms with Gasteiger partial charge in [0.25, 0.3) is 0 Å². The summed E-state index contributed by atoms with van der Waals surface area (Å²) in [6, 6.07) is 8.11. The third kappa shape index (κ3) is 2.72. The Morgan fingerprint density at radius 2 is 2.00 bits per heavy atom. The van der Waals surface area contributed by atoms with E-state index in [4.69, 9.17) is 1.37 Å². The molecule has 0 aliphatic carbocycles. The fraction of sp³-hybridized carbons (Fsp3) is 0. The van der Waals surface area contributed by atoms with Crippen LogP contribution in [0.2, 0.25) is 0 Å². The number of halogens is 1. The number of allylic oxidation sites excluding steroid dienone is 2. The molecule has 0 N–H and O–H groups in total. The molecule has 0 atom stereocenters. The van der Waals surface area contributed by atoms with Crippen LogP contribution in [0.5, 0.6) is 0 Å². The molecule has 0 radical (unpaired) electrons. The molecule has 0 unspecified atom stereocenters. The minimum absolute atomic E-state index is 0.484. The number of hydrogen-bond acceptors (Lipinski definition) is 0. The van der Waals surface area contributed by atoms with Crippen molar-refractivity contribution in [3.63, 3.8) is 0 Å². The maximum Gasteiger partial charge on any atom is 0.0629 e. The van der Waals surface area contributed by atoms with Gasteiger partial charge in [-0.25, -0.2) is 0 Å². The van der Waals surface area contributed by atoms with E-state index in [9.17, 15) is 0 Å². The zero-order chi connectivity index (χ0) is 8.97. The van der Waals surface area contributed by atoms with Gasteiger partial charge in [0.1, 0.15) is 0 Å². The molecule has 1 aromatic carbocycles. The van der Waals surface area contributed by atoms with E-state index in [0.29, 0.717) is 6.05 Å². The van der Waals surface area contributed by atoms with Gasteiger partial charge in [0, 0.05) is 4.47 Å². The summed E-state index contributed by atoms with van der Waals surface area (Å²) in [4.78, 5) is 0. The van der Waals surface area contributed by atoms with Gasteiger partial charge in [-0.3, -0.25) is 0 Å². The molecule has 0 saturated heterocycles. The molecule has 0 aromatic heterocycles. The molecule has 0 spiro atoms. The van der Waals surface area contributed by atoms with Gasteiger partial charge in [-0.15, -0.1) is 0 Å². The molecule has 1 aromatic rings. The van der Waals surface area contributed by atoms with Crippen LogP contribution in [0.4, 0.5) is 0 Å². The molecular formula is C10H9Br. The van der Waals surface area contributed by atoms with Crippen molar-refractivity contribution in [3.8, 4) is 0 Å². The average molecular weight is 210 g/mol. The van der Waals surface area contributed by atoms with Crippen LogP contribution >= 0.6 is 15.9 Å². The lowest BCUT2D eigenvalue weighted by atomic mass is 10.2. The van der Waals surface area contributed by atoms with E-state index in [-0.39, 0.29) is 0 Å². The Labute approximate surface area is 76.8 Å². The predicted molar refractivity (Wildman–Crippen MR) is 53.4 cm³/mol. The highest BCUT2D eigenvalue weighted by Gasteiger charge is 1.84. The lowest BCUT2D eigenvalue weighted by Gasteiger charge is -1.91. The van der Waals surface area contributed by atoms with Gasteiger partial charge < -0.3 is 0 Å². The SMILES string of the molecule is [2H]/C(=C\C=C)c1ccc(Br)cc1. The summed E-state index contributed by atoms with van der Waals surface area (Å²) in [5.41, 5.74) is 0.901. The third-order valence-corrected chi connectivity index (χ3v) is 1.74. The quantitative estimate of drug-likeness (QED) is 0.653. The minimum atomic E-state index is 0.484. The van der Waals surface area contributed by atoms with Crippen LogP contribution in [-0.2, 0) is 0 Å². The van der Waals surface area contributed by atoms with E-state index in [1.165, 1.54) is 0 Å². The first kappa shape index (κ1) is 6.86. The van der Waals surface area contributed by atoms with Crippen LogP contribution in [0, 0.1) is 0 Å². The fourth-order valence-corrected chi connectivity index (χ4v) is 0.966. The first-order valence-electron chi connectivity index (χ1n) is 3.79. The fourth-order valence-electron chi connectivity index (χ4n) is 0.701. The molecule has 0 heterocycles. The van der Waals surface area contributed by atoms with Gasteiger partial charge in [-0.1, -0.05) is 52.8 Å². The Balaban J connectivity index is 2.97.